The summed E-state index contributed by atoms with van der Waals surface area (Å²) in [5.74, 6) is 1.02. The number of likely N-dealkylation sites (N-methyl/N-ethyl adjacent to an activating group) is 1. The van der Waals surface area contributed by atoms with Crippen LogP contribution in [-0.2, 0) is 0 Å². The minimum absolute atomic E-state index is 0.703. The maximum Gasteiger partial charge on any atom is 0.0192 e. The van der Waals surface area contributed by atoms with Gasteiger partial charge in [-0.05, 0) is 45.7 Å². The molecular formula is C15H30N2. The second kappa shape index (κ2) is 6.75. The van der Waals surface area contributed by atoms with Gasteiger partial charge in [0.15, 0.2) is 0 Å². The van der Waals surface area contributed by atoms with E-state index in [1.54, 1.807) is 0 Å². The number of rotatable bonds is 7. The molecular weight excluding hydrogens is 208 g/mol. The molecule has 0 bridgehead atoms. The molecule has 0 heterocycles. The molecule has 0 aromatic rings. The molecule has 1 atom stereocenters. The minimum Gasteiger partial charge on any atom is -0.315 e. The third-order valence-electron chi connectivity index (χ3n) is 4.71. The van der Waals surface area contributed by atoms with Crippen molar-refractivity contribution in [3.8, 4) is 0 Å². The molecule has 2 rings (SSSR count). The summed E-state index contributed by atoms with van der Waals surface area (Å²) >= 11 is 0. The Hall–Kier alpha value is -0.0800. The molecule has 2 nitrogen and oxygen atoms in total. The van der Waals surface area contributed by atoms with E-state index in [2.05, 4.69) is 24.2 Å². The van der Waals surface area contributed by atoms with Crippen LogP contribution in [0.4, 0.5) is 0 Å². The van der Waals surface area contributed by atoms with Crippen molar-refractivity contribution in [3.63, 3.8) is 0 Å². The summed E-state index contributed by atoms with van der Waals surface area (Å²) in [4.78, 5) is 2.55. The molecule has 2 aliphatic rings. The Morgan fingerprint density at radius 2 is 1.82 bits per heavy atom. The Bertz CT molecular complexity index is 207. The Morgan fingerprint density at radius 3 is 2.47 bits per heavy atom. The van der Waals surface area contributed by atoms with Gasteiger partial charge in [-0.1, -0.05) is 32.1 Å². The molecule has 100 valence electrons. The second-order valence-corrected chi connectivity index (χ2v) is 6.24. The summed E-state index contributed by atoms with van der Waals surface area (Å²) in [6, 6.07) is 1.60. The topological polar surface area (TPSA) is 15.3 Å². The maximum absolute atomic E-state index is 3.65. The quantitative estimate of drug-likeness (QED) is 0.686. The summed E-state index contributed by atoms with van der Waals surface area (Å²) in [6.07, 6.45) is 11.6. The fourth-order valence-corrected chi connectivity index (χ4v) is 3.08. The number of nitrogens with one attached hydrogen (secondary N) is 1. The first kappa shape index (κ1) is 13.4. The lowest BCUT2D eigenvalue weighted by molar-refractivity contribution is 0.238. The third kappa shape index (κ3) is 4.59. The Morgan fingerprint density at radius 1 is 1.12 bits per heavy atom. The first-order chi connectivity index (χ1) is 8.27. The van der Waals surface area contributed by atoms with Crippen molar-refractivity contribution in [2.45, 2.75) is 70.4 Å². The maximum atomic E-state index is 3.65. The predicted molar refractivity (Wildman–Crippen MR) is 74.3 cm³/mol. The van der Waals surface area contributed by atoms with Crippen LogP contribution in [0.1, 0.15) is 58.3 Å². The van der Waals surface area contributed by atoms with Gasteiger partial charge in [0.2, 0.25) is 0 Å². The first-order valence-corrected chi connectivity index (χ1v) is 7.70. The normalized spacial score (nSPS) is 24.2. The zero-order valence-electron chi connectivity index (χ0n) is 11.8. The average Bonchev–Trinajstić information content (AvgIpc) is 3.19. The molecule has 0 aliphatic heterocycles. The van der Waals surface area contributed by atoms with Crippen LogP contribution in [0.3, 0.4) is 0 Å². The van der Waals surface area contributed by atoms with Gasteiger partial charge < -0.3 is 5.32 Å². The fraction of sp³-hybridized carbons (Fsp3) is 1.00. The first-order valence-electron chi connectivity index (χ1n) is 7.70. The molecule has 0 aromatic carbocycles. The largest absolute Gasteiger partial charge is 0.315 e. The molecule has 0 amide bonds. The number of hydrogen-bond donors (Lipinski definition) is 1. The van der Waals surface area contributed by atoms with Crippen molar-refractivity contribution in [2.75, 3.05) is 20.1 Å². The van der Waals surface area contributed by atoms with E-state index in [9.17, 15) is 0 Å². The molecule has 0 aromatic heterocycles. The molecule has 2 saturated carbocycles. The minimum atomic E-state index is 0.703. The molecule has 2 aliphatic carbocycles. The molecule has 17 heavy (non-hydrogen) atoms. The van der Waals surface area contributed by atoms with E-state index >= 15 is 0 Å². The van der Waals surface area contributed by atoms with E-state index in [4.69, 9.17) is 0 Å². The zero-order valence-corrected chi connectivity index (χ0v) is 11.8. The third-order valence-corrected chi connectivity index (χ3v) is 4.71. The SMILES string of the molecule is CC(CNCCC1CCCCC1)N(C)C1CC1. The zero-order chi connectivity index (χ0) is 12.1. The standard InChI is InChI=1S/C15H30N2/c1-13(17(2)15-8-9-15)12-16-11-10-14-6-4-3-5-7-14/h13-16H,3-12H2,1-2H3. The number of nitrogens with zero attached hydrogens (tertiary/aromatic N) is 1. The van der Waals surface area contributed by atoms with Crippen molar-refractivity contribution < 1.29 is 0 Å². The molecule has 2 fully saturated rings. The van der Waals surface area contributed by atoms with Gasteiger partial charge in [-0.15, -0.1) is 0 Å². The molecule has 1 N–H and O–H groups in total. The van der Waals surface area contributed by atoms with Gasteiger partial charge in [0.25, 0.3) is 0 Å². The van der Waals surface area contributed by atoms with Crippen LogP contribution in [0.15, 0.2) is 0 Å². The fourth-order valence-electron chi connectivity index (χ4n) is 3.08. The highest BCUT2D eigenvalue weighted by molar-refractivity contribution is 4.85. The lowest BCUT2D eigenvalue weighted by Crippen LogP contribution is -2.39. The molecule has 1 unspecified atom stereocenters. The predicted octanol–water partition coefficient (Wildman–Crippen LogP) is 3.03. The second-order valence-electron chi connectivity index (χ2n) is 6.24. The number of hydrogen-bond acceptors (Lipinski definition) is 2. The molecule has 2 heteroatoms. The van der Waals surface area contributed by atoms with Crippen LogP contribution in [0.2, 0.25) is 0 Å². The highest BCUT2D eigenvalue weighted by Crippen LogP contribution is 2.27. The Labute approximate surface area is 107 Å². The van der Waals surface area contributed by atoms with Crippen LogP contribution < -0.4 is 5.32 Å². The van der Waals surface area contributed by atoms with Gasteiger partial charge in [-0.2, -0.15) is 0 Å². The van der Waals surface area contributed by atoms with E-state index in [0.29, 0.717) is 6.04 Å². The highest BCUT2D eigenvalue weighted by atomic mass is 15.2. The monoisotopic (exact) mass is 238 g/mol. The summed E-state index contributed by atoms with van der Waals surface area (Å²) in [5, 5.41) is 3.65. The van der Waals surface area contributed by atoms with Gasteiger partial charge in [0.05, 0.1) is 0 Å². The molecule has 0 radical (unpaired) electrons. The smallest absolute Gasteiger partial charge is 0.0192 e. The van der Waals surface area contributed by atoms with Crippen molar-refractivity contribution in [2.24, 2.45) is 5.92 Å². The summed E-state index contributed by atoms with van der Waals surface area (Å²) in [7, 11) is 2.28. The van der Waals surface area contributed by atoms with Crippen LogP contribution in [0, 0.1) is 5.92 Å². The van der Waals surface area contributed by atoms with Crippen LogP contribution in [0.25, 0.3) is 0 Å². The summed E-state index contributed by atoms with van der Waals surface area (Å²) in [6.45, 7) is 4.75. The molecule has 0 spiro atoms. The van der Waals surface area contributed by atoms with Crippen LogP contribution in [0.5, 0.6) is 0 Å². The van der Waals surface area contributed by atoms with Crippen molar-refractivity contribution >= 4 is 0 Å². The van der Waals surface area contributed by atoms with Crippen LogP contribution in [-0.4, -0.2) is 37.1 Å². The molecule has 0 saturated heterocycles. The van der Waals surface area contributed by atoms with E-state index < -0.39 is 0 Å². The van der Waals surface area contributed by atoms with Gasteiger partial charge in [0, 0.05) is 18.6 Å². The lowest BCUT2D eigenvalue weighted by atomic mass is 9.87. The average molecular weight is 238 g/mol. The van der Waals surface area contributed by atoms with Crippen LogP contribution >= 0.6 is 0 Å². The van der Waals surface area contributed by atoms with E-state index in [-0.39, 0.29) is 0 Å². The summed E-state index contributed by atoms with van der Waals surface area (Å²) in [5.41, 5.74) is 0. The van der Waals surface area contributed by atoms with Crippen molar-refractivity contribution in [3.05, 3.63) is 0 Å². The van der Waals surface area contributed by atoms with Gasteiger partial charge in [-0.3, -0.25) is 4.90 Å². The van der Waals surface area contributed by atoms with Gasteiger partial charge in [0.1, 0.15) is 0 Å². The van der Waals surface area contributed by atoms with Crippen molar-refractivity contribution in [1.82, 2.24) is 10.2 Å². The van der Waals surface area contributed by atoms with Crippen molar-refractivity contribution in [1.29, 1.82) is 0 Å². The van der Waals surface area contributed by atoms with Gasteiger partial charge >= 0.3 is 0 Å². The summed E-state index contributed by atoms with van der Waals surface area (Å²) < 4.78 is 0. The van der Waals surface area contributed by atoms with E-state index in [1.807, 2.05) is 0 Å². The highest BCUT2D eigenvalue weighted by Gasteiger charge is 2.28. The Balaban J connectivity index is 1.50. The lowest BCUT2D eigenvalue weighted by Gasteiger charge is -2.26. The van der Waals surface area contributed by atoms with E-state index in [1.165, 1.54) is 64.5 Å². The van der Waals surface area contributed by atoms with Gasteiger partial charge in [-0.25, -0.2) is 0 Å². The van der Waals surface area contributed by atoms with E-state index in [0.717, 1.165) is 12.0 Å². The Kier molecular flexibility index (Phi) is 5.30.